The molecule has 0 spiro atoms. The highest BCUT2D eigenvalue weighted by Crippen LogP contribution is 2.32. The van der Waals surface area contributed by atoms with E-state index in [1.54, 1.807) is 19.2 Å². The van der Waals surface area contributed by atoms with Gasteiger partial charge in [0.2, 0.25) is 0 Å². The standard InChI is InChI=1S/C17H16F4N2OS/c1-24-13-7-5-11(6-8-13)9-22-16(25)23-10-12-3-2-4-14(15(12)18)17(19,20)21/h2-8H,9-10H2,1H3,(H2,22,23,25). The largest absolute Gasteiger partial charge is 0.497 e. The van der Waals surface area contributed by atoms with Crippen molar-refractivity contribution in [1.29, 1.82) is 0 Å². The van der Waals surface area contributed by atoms with Crippen LogP contribution in [0.25, 0.3) is 0 Å². The molecule has 134 valence electrons. The molecule has 0 fully saturated rings. The highest BCUT2D eigenvalue weighted by molar-refractivity contribution is 7.80. The number of alkyl halides is 3. The van der Waals surface area contributed by atoms with Crippen molar-refractivity contribution >= 4 is 17.3 Å². The zero-order chi connectivity index (χ0) is 18.4. The van der Waals surface area contributed by atoms with Crippen LogP contribution >= 0.6 is 12.2 Å². The van der Waals surface area contributed by atoms with Gasteiger partial charge >= 0.3 is 6.18 Å². The van der Waals surface area contributed by atoms with E-state index in [-0.39, 0.29) is 17.2 Å². The lowest BCUT2D eigenvalue weighted by atomic mass is 10.1. The summed E-state index contributed by atoms with van der Waals surface area (Å²) in [5.74, 6) is -0.565. The van der Waals surface area contributed by atoms with Gasteiger partial charge in [-0.3, -0.25) is 0 Å². The van der Waals surface area contributed by atoms with Gasteiger partial charge in [0.25, 0.3) is 0 Å². The highest BCUT2D eigenvalue weighted by atomic mass is 32.1. The third-order valence-electron chi connectivity index (χ3n) is 3.44. The summed E-state index contributed by atoms with van der Waals surface area (Å²) in [4.78, 5) is 0. The minimum Gasteiger partial charge on any atom is -0.497 e. The van der Waals surface area contributed by atoms with Gasteiger partial charge in [0.1, 0.15) is 11.6 Å². The van der Waals surface area contributed by atoms with Crippen LogP contribution in [0.5, 0.6) is 5.75 Å². The van der Waals surface area contributed by atoms with Gasteiger partial charge in [-0.2, -0.15) is 13.2 Å². The molecule has 0 bridgehead atoms. The van der Waals surface area contributed by atoms with E-state index in [0.717, 1.165) is 17.4 Å². The van der Waals surface area contributed by atoms with Gasteiger partial charge in [0, 0.05) is 18.7 Å². The van der Waals surface area contributed by atoms with Crippen LogP contribution in [0, 0.1) is 5.82 Å². The lowest BCUT2D eigenvalue weighted by Crippen LogP contribution is -2.34. The number of rotatable bonds is 5. The molecule has 0 saturated carbocycles. The summed E-state index contributed by atoms with van der Waals surface area (Å²) in [5, 5.41) is 5.82. The Morgan fingerprint density at radius 2 is 1.68 bits per heavy atom. The van der Waals surface area contributed by atoms with Gasteiger partial charge in [0.15, 0.2) is 5.11 Å². The number of nitrogens with one attached hydrogen (secondary N) is 2. The van der Waals surface area contributed by atoms with Crippen molar-refractivity contribution in [1.82, 2.24) is 10.6 Å². The average molecular weight is 372 g/mol. The first-order valence-corrected chi connectivity index (χ1v) is 7.71. The van der Waals surface area contributed by atoms with Crippen molar-refractivity contribution in [2.45, 2.75) is 19.3 Å². The molecule has 25 heavy (non-hydrogen) atoms. The first-order chi connectivity index (χ1) is 11.8. The number of hydrogen-bond acceptors (Lipinski definition) is 2. The van der Waals surface area contributed by atoms with Crippen LogP contribution < -0.4 is 15.4 Å². The second kappa shape index (κ2) is 8.15. The lowest BCUT2D eigenvalue weighted by Gasteiger charge is -2.14. The summed E-state index contributed by atoms with van der Waals surface area (Å²) >= 11 is 5.06. The normalized spacial score (nSPS) is 11.1. The van der Waals surface area contributed by atoms with Crippen LogP contribution in [0.2, 0.25) is 0 Å². The topological polar surface area (TPSA) is 33.3 Å². The van der Waals surface area contributed by atoms with E-state index in [2.05, 4.69) is 10.6 Å². The predicted molar refractivity (Wildman–Crippen MR) is 90.7 cm³/mol. The van der Waals surface area contributed by atoms with Crippen LogP contribution in [0.15, 0.2) is 42.5 Å². The average Bonchev–Trinajstić information content (AvgIpc) is 2.58. The summed E-state index contributed by atoms with van der Waals surface area (Å²) in [7, 11) is 1.57. The SMILES string of the molecule is COc1ccc(CNC(=S)NCc2cccc(C(F)(F)F)c2F)cc1. The fourth-order valence-corrected chi connectivity index (χ4v) is 2.24. The first kappa shape index (κ1) is 19.0. The maximum absolute atomic E-state index is 13.9. The number of methoxy groups -OCH3 is 1. The van der Waals surface area contributed by atoms with Crippen molar-refractivity contribution in [3.05, 3.63) is 65.0 Å². The quantitative estimate of drug-likeness (QED) is 0.614. The van der Waals surface area contributed by atoms with E-state index in [4.69, 9.17) is 17.0 Å². The van der Waals surface area contributed by atoms with Gasteiger partial charge < -0.3 is 15.4 Å². The van der Waals surface area contributed by atoms with Crippen molar-refractivity contribution in [3.8, 4) is 5.75 Å². The van der Waals surface area contributed by atoms with E-state index in [9.17, 15) is 17.6 Å². The molecule has 0 radical (unpaired) electrons. The van der Waals surface area contributed by atoms with Crippen LogP contribution in [0.3, 0.4) is 0 Å². The highest BCUT2D eigenvalue weighted by Gasteiger charge is 2.34. The fraction of sp³-hybridized carbons (Fsp3) is 0.235. The van der Waals surface area contributed by atoms with Gasteiger partial charge in [-0.15, -0.1) is 0 Å². The Kier molecular flexibility index (Phi) is 6.19. The molecule has 3 nitrogen and oxygen atoms in total. The molecule has 0 aliphatic heterocycles. The Bertz CT molecular complexity index is 732. The molecule has 0 aromatic heterocycles. The number of thiocarbonyl (C=S) groups is 1. The summed E-state index contributed by atoms with van der Waals surface area (Å²) in [6.45, 7) is 0.269. The smallest absolute Gasteiger partial charge is 0.419 e. The van der Waals surface area contributed by atoms with Crippen molar-refractivity contribution < 1.29 is 22.3 Å². The summed E-state index contributed by atoms with van der Waals surface area (Å²) in [6.07, 6.45) is -4.73. The van der Waals surface area contributed by atoms with Crippen molar-refractivity contribution in [2.75, 3.05) is 7.11 Å². The number of benzene rings is 2. The lowest BCUT2D eigenvalue weighted by molar-refractivity contribution is -0.140. The number of hydrogen-bond donors (Lipinski definition) is 2. The number of halogens is 4. The van der Waals surface area contributed by atoms with E-state index in [1.165, 1.54) is 6.07 Å². The zero-order valence-corrected chi connectivity index (χ0v) is 14.1. The maximum atomic E-state index is 13.9. The second-order valence-electron chi connectivity index (χ2n) is 5.16. The first-order valence-electron chi connectivity index (χ1n) is 7.30. The zero-order valence-electron chi connectivity index (χ0n) is 13.3. The monoisotopic (exact) mass is 372 g/mol. The molecule has 0 unspecified atom stereocenters. The molecule has 0 aliphatic rings. The Morgan fingerprint density at radius 1 is 1.04 bits per heavy atom. The molecular weight excluding hydrogens is 356 g/mol. The molecule has 0 amide bonds. The van der Waals surface area contributed by atoms with Gasteiger partial charge in [-0.05, 0) is 36.0 Å². The Hall–Kier alpha value is -2.35. The minimum atomic E-state index is -4.73. The van der Waals surface area contributed by atoms with Gasteiger partial charge in [-0.1, -0.05) is 24.3 Å². The van der Waals surface area contributed by atoms with E-state index in [1.807, 2.05) is 12.1 Å². The molecule has 8 heteroatoms. The van der Waals surface area contributed by atoms with Crippen molar-refractivity contribution in [3.63, 3.8) is 0 Å². The predicted octanol–water partition coefficient (Wildman–Crippen LogP) is 4.02. The Labute approximate surface area is 148 Å². The van der Waals surface area contributed by atoms with Crippen LogP contribution in [-0.2, 0) is 19.3 Å². The van der Waals surface area contributed by atoms with Gasteiger partial charge in [0.05, 0.1) is 12.7 Å². The van der Waals surface area contributed by atoms with E-state index >= 15 is 0 Å². The minimum absolute atomic E-state index is 0.108. The Morgan fingerprint density at radius 3 is 2.28 bits per heavy atom. The van der Waals surface area contributed by atoms with Crippen molar-refractivity contribution in [2.24, 2.45) is 0 Å². The Balaban J connectivity index is 1.89. The molecule has 2 aromatic carbocycles. The fourth-order valence-electron chi connectivity index (χ4n) is 2.10. The third-order valence-corrected chi connectivity index (χ3v) is 3.72. The second-order valence-corrected chi connectivity index (χ2v) is 5.57. The molecule has 0 atom stereocenters. The molecule has 2 aromatic rings. The van der Waals surface area contributed by atoms with E-state index < -0.39 is 17.6 Å². The molecule has 2 rings (SSSR count). The molecule has 0 aliphatic carbocycles. The molecular formula is C17H16F4N2OS. The van der Waals surface area contributed by atoms with E-state index in [0.29, 0.717) is 12.6 Å². The molecule has 2 N–H and O–H groups in total. The summed E-state index contributed by atoms with van der Waals surface area (Å²) < 4.78 is 57.0. The van der Waals surface area contributed by atoms with Crippen LogP contribution in [0.1, 0.15) is 16.7 Å². The van der Waals surface area contributed by atoms with Crippen LogP contribution in [0.4, 0.5) is 17.6 Å². The molecule has 0 saturated heterocycles. The summed E-state index contributed by atoms with van der Waals surface area (Å²) in [6, 6.07) is 10.4. The van der Waals surface area contributed by atoms with Gasteiger partial charge in [-0.25, -0.2) is 4.39 Å². The van der Waals surface area contributed by atoms with Crippen LogP contribution in [-0.4, -0.2) is 12.2 Å². The summed E-state index contributed by atoms with van der Waals surface area (Å²) in [5.41, 5.74) is -0.456. The maximum Gasteiger partial charge on any atom is 0.419 e. The molecule has 0 heterocycles. The third kappa shape index (κ3) is 5.32. The number of ether oxygens (including phenoxy) is 1.